The van der Waals surface area contributed by atoms with Crippen LogP contribution < -0.4 is 5.32 Å². The second-order valence-corrected chi connectivity index (χ2v) is 6.30. The summed E-state index contributed by atoms with van der Waals surface area (Å²) in [6.07, 6.45) is 3.74. The minimum absolute atomic E-state index is 0.108. The summed E-state index contributed by atoms with van der Waals surface area (Å²) in [5.41, 5.74) is 1.01. The zero-order valence-corrected chi connectivity index (χ0v) is 12.8. The minimum Gasteiger partial charge on any atom is -0.393 e. The van der Waals surface area contributed by atoms with Crippen LogP contribution in [0.4, 0.5) is 5.69 Å². The molecule has 0 unspecified atom stereocenters. The van der Waals surface area contributed by atoms with Crippen LogP contribution in [0.3, 0.4) is 0 Å². The lowest BCUT2D eigenvalue weighted by molar-refractivity contribution is -0.385. The Bertz CT molecular complexity index is 473. The molecular formula is C14H19BrN2O3. The highest BCUT2D eigenvalue weighted by molar-refractivity contribution is 9.10. The number of nitrogens with zero attached hydrogens (tertiary/aromatic N) is 1. The molecule has 110 valence electrons. The molecule has 1 aliphatic rings. The van der Waals surface area contributed by atoms with E-state index in [1.807, 2.05) is 6.07 Å². The van der Waals surface area contributed by atoms with Gasteiger partial charge in [0.25, 0.3) is 5.69 Å². The Morgan fingerprint density at radius 1 is 1.30 bits per heavy atom. The average Bonchev–Trinajstić information content (AvgIpc) is 2.40. The first-order valence-corrected chi connectivity index (χ1v) is 7.66. The molecule has 0 heterocycles. The van der Waals surface area contributed by atoms with E-state index in [1.54, 1.807) is 6.07 Å². The van der Waals surface area contributed by atoms with Gasteiger partial charge in [0.2, 0.25) is 0 Å². The highest BCUT2D eigenvalue weighted by atomic mass is 79.9. The van der Waals surface area contributed by atoms with Gasteiger partial charge in [-0.25, -0.2) is 0 Å². The zero-order valence-electron chi connectivity index (χ0n) is 11.2. The van der Waals surface area contributed by atoms with E-state index in [0.29, 0.717) is 12.5 Å². The summed E-state index contributed by atoms with van der Waals surface area (Å²) in [5.74, 6) is 0.598. The number of rotatable bonds is 5. The third-order valence-electron chi connectivity index (χ3n) is 3.73. The van der Waals surface area contributed by atoms with Crippen molar-refractivity contribution in [2.45, 2.75) is 38.3 Å². The highest BCUT2D eigenvalue weighted by Gasteiger charge is 2.18. The fourth-order valence-electron chi connectivity index (χ4n) is 2.61. The molecule has 0 bridgehead atoms. The summed E-state index contributed by atoms with van der Waals surface area (Å²) in [5, 5.41) is 23.6. The quantitative estimate of drug-likeness (QED) is 0.637. The van der Waals surface area contributed by atoms with Crippen LogP contribution in [0.5, 0.6) is 0 Å². The molecule has 0 atom stereocenters. The molecule has 0 aromatic heterocycles. The van der Waals surface area contributed by atoms with E-state index in [1.165, 1.54) is 6.07 Å². The normalized spacial score (nSPS) is 22.7. The lowest BCUT2D eigenvalue weighted by Gasteiger charge is -2.25. The molecular weight excluding hydrogens is 324 g/mol. The smallest absolute Gasteiger partial charge is 0.270 e. The van der Waals surface area contributed by atoms with Gasteiger partial charge in [-0.05, 0) is 49.8 Å². The third kappa shape index (κ3) is 4.54. The fourth-order valence-corrected chi connectivity index (χ4v) is 3.14. The topological polar surface area (TPSA) is 75.4 Å². The summed E-state index contributed by atoms with van der Waals surface area (Å²) in [7, 11) is 0. The zero-order chi connectivity index (χ0) is 14.5. The number of nitrogens with one attached hydrogen (secondary N) is 1. The van der Waals surface area contributed by atoms with Gasteiger partial charge in [-0.3, -0.25) is 10.1 Å². The Labute approximate surface area is 126 Å². The first-order valence-electron chi connectivity index (χ1n) is 6.87. The monoisotopic (exact) mass is 342 g/mol. The maximum atomic E-state index is 10.8. The molecule has 6 heteroatoms. The largest absolute Gasteiger partial charge is 0.393 e. The number of nitro benzene ring substituents is 1. The lowest BCUT2D eigenvalue weighted by atomic mass is 9.87. The van der Waals surface area contributed by atoms with Gasteiger partial charge in [-0.2, -0.15) is 0 Å². The van der Waals surface area contributed by atoms with Crippen LogP contribution >= 0.6 is 15.9 Å². The second-order valence-electron chi connectivity index (χ2n) is 5.38. The fraction of sp³-hybridized carbons (Fsp3) is 0.571. The van der Waals surface area contributed by atoms with Gasteiger partial charge < -0.3 is 10.4 Å². The maximum Gasteiger partial charge on any atom is 0.270 e. The van der Waals surface area contributed by atoms with Crippen LogP contribution in [-0.2, 0) is 6.54 Å². The van der Waals surface area contributed by atoms with E-state index >= 15 is 0 Å². The molecule has 1 saturated carbocycles. The predicted octanol–water partition coefficient (Wildman–Crippen LogP) is 3.00. The van der Waals surface area contributed by atoms with E-state index in [4.69, 9.17) is 0 Å². The Balaban J connectivity index is 1.83. The van der Waals surface area contributed by atoms with Crippen molar-refractivity contribution in [3.8, 4) is 0 Å². The van der Waals surface area contributed by atoms with Crippen LogP contribution in [0, 0.1) is 16.0 Å². The Hall–Kier alpha value is -0.980. The van der Waals surface area contributed by atoms with Crippen LogP contribution in [0.2, 0.25) is 0 Å². The average molecular weight is 343 g/mol. The van der Waals surface area contributed by atoms with E-state index < -0.39 is 0 Å². The molecule has 0 radical (unpaired) electrons. The molecule has 1 aliphatic carbocycles. The first-order chi connectivity index (χ1) is 9.54. The molecule has 5 nitrogen and oxygen atoms in total. The van der Waals surface area contributed by atoms with Crippen molar-refractivity contribution in [3.63, 3.8) is 0 Å². The number of aliphatic hydroxyl groups is 1. The lowest BCUT2D eigenvalue weighted by Crippen LogP contribution is -2.27. The van der Waals surface area contributed by atoms with Gasteiger partial charge in [0.05, 0.1) is 11.0 Å². The van der Waals surface area contributed by atoms with Crippen molar-refractivity contribution in [1.82, 2.24) is 5.32 Å². The predicted molar refractivity (Wildman–Crippen MR) is 80.5 cm³/mol. The molecule has 2 rings (SSSR count). The molecule has 2 N–H and O–H groups in total. The summed E-state index contributed by atoms with van der Waals surface area (Å²) in [4.78, 5) is 10.4. The second kappa shape index (κ2) is 7.15. The van der Waals surface area contributed by atoms with Crippen LogP contribution in [-0.4, -0.2) is 22.7 Å². The van der Waals surface area contributed by atoms with Gasteiger partial charge >= 0.3 is 0 Å². The van der Waals surface area contributed by atoms with Crippen molar-refractivity contribution in [2.24, 2.45) is 5.92 Å². The number of non-ortho nitro benzene ring substituents is 1. The van der Waals surface area contributed by atoms with Crippen molar-refractivity contribution in [2.75, 3.05) is 6.54 Å². The highest BCUT2D eigenvalue weighted by Crippen LogP contribution is 2.24. The maximum absolute atomic E-state index is 10.8. The Kier molecular flexibility index (Phi) is 5.51. The molecule has 1 fully saturated rings. The summed E-state index contributed by atoms with van der Waals surface area (Å²) >= 11 is 3.30. The molecule has 1 aromatic rings. The van der Waals surface area contributed by atoms with Crippen molar-refractivity contribution in [1.29, 1.82) is 0 Å². The summed E-state index contributed by atoms with van der Waals surface area (Å²) < 4.78 is 0.726. The van der Waals surface area contributed by atoms with Gasteiger partial charge in [-0.1, -0.05) is 15.9 Å². The van der Waals surface area contributed by atoms with Crippen molar-refractivity contribution in [3.05, 3.63) is 38.3 Å². The van der Waals surface area contributed by atoms with Gasteiger partial charge in [0.15, 0.2) is 0 Å². The van der Waals surface area contributed by atoms with Gasteiger partial charge in [0.1, 0.15) is 0 Å². The molecule has 0 spiro atoms. The molecule has 20 heavy (non-hydrogen) atoms. The number of hydrogen-bond acceptors (Lipinski definition) is 4. The Morgan fingerprint density at radius 2 is 2.00 bits per heavy atom. The number of aliphatic hydroxyl groups excluding tert-OH is 1. The first kappa shape index (κ1) is 15.4. The van der Waals surface area contributed by atoms with Crippen LogP contribution in [0.1, 0.15) is 31.2 Å². The van der Waals surface area contributed by atoms with E-state index in [-0.39, 0.29) is 16.7 Å². The van der Waals surface area contributed by atoms with Crippen molar-refractivity contribution < 1.29 is 10.0 Å². The standard InChI is InChI=1S/C14H19BrN2O3/c15-12-5-11(6-13(7-12)17(19)20)9-16-8-10-1-3-14(18)4-2-10/h5-7,10,14,16,18H,1-4,8-9H2. The number of hydrogen-bond donors (Lipinski definition) is 2. The summed E-state index contributed by atoms with van der Waals surface area (Å²) in [6, 6.07) is 5.00. The number of halogens is 1. The molecule has 0 amide bonds. The summed E-state index contributed by atoms with van der Waals surface area (Å²) in [6.45, 7) is 1.52. The molecule has 0 saturated heterocycles. The molecule has 1 aromatic carbocycles. The SMILES string of the molecule is O=[N+]([O-])c1cc(Br)cc(CNCC2CCC(O)CC2)c1. The van der Waals surface area contributed by atoms with E-state index in [9.17, 15) is 15.2 Å². The van der Waals surface area contributed by atoms with Gasteiger partial charge in [0, 0.05) is 23.2 Å². The van der Waals surface area contributed by atoms with Crippen LogP contribution in [0.15, 0.2) is 22.7 Å². The minimum atomic E-state index is -0.378. The van der Waals surface area contributed by atoms with Crippen LogP contribution in [0.25, 0.3) is 0 Å². The Morgan fingerprint density at radius 3 is 2.65 bits per heavy atom. The van der Waals surface area contributed by atoms with Crippen molar-refractivity contribution >= 4 is 21.6 Å². The number of nitro groups is 1. The molecule has 0 aliphatic heterocycles. The third-order valence-corrected chi connectivity index (χ3v) is 4.19. The van der Waals surface area contributed by atoms with Gasteiger partial charge in [-0.15, -0.1) is 0 Å². The van der Waals surface area contributed by atoms with E-state index in [2.05, 4.69) is 21.2 Å². The number of benzene rings is 1. The van der Waals surface area contributed by atoms with E-state index in [0.717, 1.165) is 42.3 Å².